The summed E-state index contributed by atoms with van der Waals surface area (Å²) in [6.45, 7) is 1.06. The fourth-order valence-corrected chi connectivity index (χ4v) is 3.28. The maximum absolute atomic E-state index is 14.9. The first-order valence-corrected chi connectivity index (χ1v) is 9.70. The number of alkyl halides is 3. The second-order valence-corrected chi connectivity index (χ2v) is 7.62. The van der Waals surface area contributed by atoms with E-state index in [0.717, 1.165) is 13.0 Å². The number of ether oxygens (including phenoxy) is 1. The number of aromatic nitrogens is 4. The SMILES string of the molecule is CC1(C(F)(F)F)C=C(Oc2ccnc(N)n2)C(c2ccc(-c3cnc(N)cn3)c(F)c2)=CC1. The molecule has 0 spiro atoms. The van der Waals surface area contributed by atoms with Gasteiger partial charge in [-0.25, -0.2) is 14.4 Å². The number of anilines is 2. The second-order valence-electron chi connectivity index (χ2n) is 7.62. The summed E-state index contributed by atoms with van der Waals surface area (Å²) in [6.07, 6.45) is 1.40. The number of halogens is 4. The molecule has 3 aromatic rings. The molecule has 11 heteroatoms. The Morgan fingerprint density at radius 3 is 2.48 bits per heavy atom. The summed E-state index contributed by atoms with van der Waals surface area (Å²) in [7, 11) is 0. The quantitative estimate of drug-likeness (QED) is 0.551. The minimum absolute atomic E-state index is 0.0414. The van der Waals surface area contributed by atoms with Gasteiger partial charge in [-0.3, -0.25) is 4.98 Å². The van der Waals surface area contributed by atoms with Gasteiger partial charge < -0.3 is 16.2 Å². The van der Waals surface area contributed by atoms with Crippen molar-refractivity contribution >= 4 is 17.3 Å². The highest BCUT2D eigenvalue weighted by atomic mass is 19.4. The van der Waals surface area contributed by atoms with Crippen molar-refractivity contribution in [3.05, 3.63) is 72.1 Å². The Morgan fingerprint density at radius 2 is 1.85 bits per heavy atom. The predicted molar refractivity (Wildman–Crippen MR) is 114 cm³/mol. The molecule has 0 saturated carbocycles. The van der Waals surface area contributed by atoms with E-state index in [1.165, 1.54) is 42.9 Å². The summed E-state index contributed by atoms with van der Waals surface area (Å²) in [5.74, 6) is -0.720. The lowest BCUT2D eigenvalue weighted by atomic mass is 9.79. The minimum Gasteiger partial charge on any atom is -0.439 e. The van der Waals surface area contributed by atoms with Crippen LogP contribution in [0.3, 0.4) is 0 Å². The van der Waals surface area contributed by atoms with Crippen LogP contribution in [0.15, 0.2) is 60.8 Å². The van der Waals surface area contributed by atoms with Gasteiger partial charge in [0.05, 0.1) is 23.5 Å². The molecule has 1 atom stereocenters. The van der Waals surface area contributed by atoms with Crippen LogP contribution in [0, 0.1) is 11.2 Å². The zero-order valence-electron chi connectivity index (χ0n) is 17.3. The lowest BCUT2D eigenvalue weighted by Crippen LogP contribution is -2.35. The molecule has 0 saturated heterocycles. The first-order chi connectivity index (χ1) is 15.6. The number of allylic oxidation sites excluding steroid dienone is 3. The van der Waals surface area contributed by atoms with Gasteiger partial charge in [-0.1, -0.05) is 12.1 Å². The van der Waals surface area contributed by atoms with E-state index in [1.54, 1.807) is 6.07 Å². The molecule has 2 heterocycles. The molecule has 1 unspecified atom stereocenters. The summed E-state index contributed by atoms with van der Waals surface area (Å²) in [4.78, 5) is 15.6. The van der Waals surface area contributed by atoms with Gasteiger partial charge in [0.1, 0.15) is 17.4 Å². The van der Waals surface area contributed by atoms with Crippen LogP contribution in [0.4, 0.5) is 29.3 Å². The molecule has 170 valence electrons. The molecule has 33 heavy (non-hydrogen) atoms. The summed E-state index contributed by atoms with van der Waals surface area (Å²) < 4.78 is 61.7. The van der Waals surface area contributed by atoms with Crippen LogP contribution >= 0.6 is 0 Å². The molecule has 0 amide bonds. The van der Waals surface area contributed by atoms with Crippen molar-refractivity contribution in [3.8, 4) is 17.1 Å². The molecule has 1 aliphatic rings. The topological polar surface area (TPSA) is 113 Å². The van der Waals surface area contributed by atoms with Gasteiger partial charge in [0, 0.05) is 23.4 Å². The Labute approximate surface area is 185 Å². The molecule has 4 N–H and O–H groups in total. The highest BCUT2D eigenvalue weighted by Gasteiger charge is 2.50. The van der Waals surface area contributed by atoms with Gasteiger partial charge in [-0.2, -0.15) is 18.2 Å². The number of rotatable bonds is 4. The van der Waals surface area contributed by atoms with Gasteiger partial charge in [0.25, 0.3) is 0 Å². The molecule has 7 nitrogen and oxygen atoms in total. The van der Waals surface area contributed by atoms with E-state index in [2.05, 4.69) is 19.9 Å². The summed E-state index contributed by atoms with van der Waals surface area (Å²) in [5.41, 5.74) is 9.91. The number of benzene rings is 1. The second kappa shape index (κ2) is 8.15. The van der Waals surface area contributed by atoms with Crippen LogP contribution in [0.2, 0.25) is 0 Å². The predicted octanol–water partition coefficient (Wildman–Crippen LogP) is 4.56. The van der Waals surface area contributed by atoms with E-state index in [1.807, 2.05) is 0 Å². The molecule has 0 fully saturated rings. The minimum atomic E-state index is -4.53. The molecule has 4 rings (SSSR count). The zero-order valence-corrected chi connectivity index (χ0v) is 17.3. The average Bonchev–Trinajstić information content (AvgIpc) is 2.74. The maximum Gasteiger partial charge on any atom is 0.398 e. The van der Waals surface area contributed by atoms with E-state index < -0.39 is 17.4 Å². The standard InChI is InChI=1S/C22H18F4N6O/c1-21(22(24,25)26)6-4-13(17(9-21)33-19-5-7-29-20(28)32-19)12-2-3-14(15(23)8-12)16-10-31-18(27)11-30-16/h2-5,7-11H,6H2,1H3,(H2,27,31)(H2,28,29,32). The van der Waals surface area contributed by atoms with Crippen LogP contribution in [0.5, 0.6) is 5.88 Å². The van der Waals surface area contributed by atoms with Crippen molar-refractivity contribution in [3.63, 3.8) is 0 Å². The number of hydrogen-bond acceptors (Lipinski definition) is 7. The van der Waals surface area contributed by atoms with Gasteiger partial charge in [0.2, 0.25) is 11.8 Å². The van der Waals surface area contributed by atoms with E-state index in [0.29, 0.717) is 5.56 Å². The van der Waals surface area contributed by atoms with Crippen LogP contribution in [-0.4, -0.2) is 26.1 Å². The van der Waals surface area contributed by atoms with E-state index >= 15 is 0 Å². The fraction of sp³-hybridized carbons (Fsp3) is 0.182. The first kappa shape index (κ1) is 22.2. The first-order valence-electron chi connectivity index (χ1n) is 9.70. The normalized spacial score (nSPS) is 18.5. The largest absolute Gasteiger partial charge is 0.439 e. The lowest BCUT2D eigenvalue weighted by Gasteiger charge is -2.32. The monoisotopic (exact) mass is 458 g/mol. The third-order valence-electron chi connectivity index (χ3n) is 5.18. The Kier molecular flexibility index (Phi) is 5.48. The van der Waals surface area contributed by atoms with Crippen LogP contribution in [0.1, 0.15) is 18.9 Å². The fourth-order valence-electron chi connectivity index (χ4n) is 3.28. The highest BCUT2D eigenvalue weighted by molar-refractivity contribution is 5.80. The molecular formula is C22H18F4N6O. The Hall–Kier alpha value is -4.02. The number of hydrogen-bond donors (Lipinski definition) is 2. The van der Waals surface area contributed by atoms with Crippen molar-refractivity contribution in [2.75, 3.05) is 11.5 Å². The van der Waals surface area contributed by atoms with Gasteiger partial charge in [-0.15, -0.1) is 0 Å². The van der Waals surface area contributed by atoms with Crippen molar-refractivity contribution in [1.82, 2.24) is 19.9 Å². The Morgan fingerprint density at radius 1 is 1.06 bits per heavy atom. The third kappa shape index (κ3) is 4.47. The van der Waals surface area contributed by atoms with E-state index in [9.17, 15) is 17.6 Å². The summed E-state index contributed by atoms with van der Waals surface area (Å²) >= 11 is 0. The zero-order chi connectivity index (χ0) is 23.8. The summed E-state index contributed by atoms with van der Waals surface area (Å²) in [5, 5.41) is 0. The molecule has 1 aliphatic carbocycles. The molecule has 0 radical (unpaired) electrons. The molecule has 0 aliphatic heterocycles. The highest BCUT2D eigenvalue weighted by Crippen LogP contribution is 2.48. The van der Waals surface area contributed by atoms with Crippen molar-refractivity contribution in [1.29, 1.82) is 0 Å². The van der Waals surface area contributed by atoms with E-state index in [4.69, 9.17) is 16.2 Å². The Balaban J connectivity index is 1.74. The van der Waals surface area contributed by atoms with Crippen molar-refractivity contribution in [2.24, 2.45) is 5.41 Å². The van der Waals surface area contributed by atoms with Gasteiger partial charge in [0.15, 0.2) is 0 Å². The molecule has 0 bridgehead atoms. The number of nitrogens with two attached hydrogens (primary N) is 2. The Bertz CT molecular complexity index is 1260. The molecule has 1 aromatic carbocycles. The van der Waals surface area contributed by atoms with Crippen LogP contribution in [0.25, 0.3) is 16.8 Å². The number of nitrogens with zero attached hydrogens (tertiary/aromatic N) is 4. The smallest absolute Gasteiger partial charge is 0.398 e. The maximum atomic E-state index is 14.9. The van der Waals surface area contributed by atoms with Crippen LogP contribution < -0.4 is 16.2 Å². The summed E-state index contributed by atoms with van der Waals surface area (Å²) in [6, 6.07) is 5.58. The van der Waals surface area contributed by atoms with Crippen molar-refractivity contribution in [2.45, 2.75) is 19.5 Å². The number of nitrogen functional groups attached to an aromatic ring is 2. The average molecular weight is 458 g/mol. The third-order valence-corrected chi connectivity index (χ3v) is 5.18. The van der Waals surface area contributed by atoms with Crippen molar-refractivity contribution < 1.29 is 22.3 Å². The van der Waals surface area contributed by atoms with E-state index in [-0.39, 0.29) is 46.7 Å². The van der Waals surface area contributed by atoms with Gasteiger partial charge in [-0.05, 0) is 37.1 Å². The van der Waals surface area contributed by atoms with Crippen LogP contribution in [-0.2, 0) is 0 Å². The lowest BCUT2D eigenvalue weighted by molar-refractivity contribution is -0.199. The van der Waals surface area contributed by atoms with Gasteiger partial charge >= 0.3 is 6.18 Å². The molecular weight excluding hydrogens is 440 g/mol. The molecule has 2 aromatic heterocycles.